The van der Waals surface area contributed by atoms with Gasteiger partial charge in [0, 0.05) is 23.1 Å². The van der Waals surface area contributed by atoms with Crippen molar-refractivity contribution in [3.63, 3.8) is 0 Å². The predicted molar refractivity (Wildman–Crippen MR) is 72.6 cm³/mol. The summed E-state index contributed by atoms with van der Waals surface area (Å²) in [5.41, 5.74) is 6.04. The standard InChI is InChI=1S/C13H14ClNOS/c14-12-5-1-2-6-13(12)17-9-10(15)8-11-4-3-7-16-11/h1-7,10H,8-9,15H2. The lowest BCUT2D eigenvalue weighted by Gasteiger charge is -2.10. The first kappa shape index (κ1) is 12.6. The van der Waals surface area contributed by atoms with Gasteiger partial charge in [-0.2, -0.15) is 0 Å². The maximum absolute atomic E-state index is 6.07. The fourth-order valence-corrected chi connectivity index (χ4v) is 2.70. The molecule has 4 heteroatoms. The molecular formula is C13H14ClNOS. The van der Waals surface area contributed by atoms with E-state index in [1.807, 2.05) is 36.4 Å². The molecule has 1 unspecified atom stereocenters. The van der Waals surface area contributed by atoms with Gasteiger partial charge in [-0.25, -0.2) is 0 Å². The van der Waals surface area contributed by atoms with E-state index >= 15 is 0 Å². The SMILES string of the molecule is NC(CSc1ccccc1Cl)Cc1ccco1. The Hall–Kier alpha value is -0.900. The van der Waals surface area contributed by atoms with Gasteiger partial charge in [-0.3, -0.25) is 0 Å². The Balaban J connectivity index is 1.84. The molecule has 2 aromatic rings. The highest BCUT2D eigenvalue weighted by molar-refractivity contribution is 7.99. The Labute approximate surface area is 110 Å². The smallest absolute Gasteiger partial charge is 0.105 e. The molecule has 1 atom stereocenters. The van der Waals surface area contributed by atoms with Crippen LogP contribution in [0.1, 0.15) is 5.76 Å². The Morgan fingerprint density at radius 2 is 2.06 bits per heavy atom. The van der Waals surface area contributed by atoms with Crippen molar-refractivity contribution < 1.29 is 4.42 Å². The zero-order valence-electron chi connectivity index (χ0n) is 9.30. The fourth-order valence-electron chi connectivity index (χ4n) is 1.50. The Bertz CT molecular complexity index is 458. The second-order valence-corrected chi connectivity index (χ2v) is 5.25. The molecule has 0 aliphatic rings. The summed E-state index contributed by atoms with van der Waals surface area (Å²) in [7, 11) is 0. The first-order chi connectivity index (χ1) is 8.25. The third kappa shape index (κ3) is 3.80. The summed E-state index contributed by atoms with van der Waals surface area (Å²) in [4.78, 5) is 1.07. The van der Waals surface area contributed by atoms with Crippen LogP contribution in [-0.2, 0) is 6.42 Å². The van der Waals surface area contributed by atoms with E-state index in [4.69, 9.17) is 21.8 Å². The number of nitrogens with two attached hydrogens (primary N) is 1. The topological polar surface area (TPSA) is 39.2 Å². The van der Waals surface area contributed by atoms with Crippen molar-refractivity contribution in [2.75, 3.05) is 5.75 Å². The minimum absolute atomic E-state index is 0.0717. The lowest BCUT2D eigenvalue weighted by molar-refractivity contribution is 0.493. The monoisotopic (exact) mass is 267 g/mol. The normalized spacial score (nSPS) is 12.6. The van der Waals surface area contributed by atoms with E-state index in [2.05, 4.69) is 0 Å². The number of benzene rings is 1. The largest absolute Gasteiger partial charge is 0.469 e. The quantitative estimate of drug-likeness (QED) is 0.842. The van der Waals surface area contributed by atoms with E-state index in [1.54, 1.807) is 18.0 Å². The van der Waals surface area contributed by atoms with Crippen molar-refractivity contribution in [3.8, 4) is 0 Å². The van der Waals surface area contributed by atoms with Crippen LogP contribution in [0.4, 0.5) is 0 Å². The van der Waals surface area contributed by atoms with Gasteiger partial charge in [-0.1, -0.05) is 23.7 Å². The zero-order valence-corrected chi connectivity index (χ0v) is 10.9. The molecule has 0 bridgehead atoms. The van der Waals surface area contributed by atoms with Gasteiger partial charge in [0.25, 0.3) is 0 Å². The van der Waals surface area contributed by atoms with E-state index in [1.165, 1.54) is 0 Å². The highest BCUT2D eigenvalue weighted by atomic mass is 35.5. The maximum Gasteiger partial charge on any atom is 0.105 e. The highest BCUT2D eigenvalue weighted by Crippen LogP contribution is 2.27. The zero-order chi connectivity index (χ0) is 12.1. The van der Waals surface area contributed by atoms with Crippen molar-refractivity contribution in [1.82, 2.24) is 0 Å². The molecule has 1 aromatic heterocycles. The summed E-state index contributed by atoms with van der Waals surface area (Å²) in [6.07, 6.45) is 2.42. The predicted octanol–water partition coefficient (Wildman–Crippen LogP) is 3.60. The van der Waals surface area contributed by atoms with Crippen LogP contribution >= 0.6 is 23.4 Å². The van der Waals surface area contributed by atoms with Crippen LogP contribution in [0.25, 0.3) is 0 Å². The van der Waals surface area contributed by atoms with E-state index in [0.29, 0.717) is 0 Å². The summed E-state index contributed by atoms with van der Waals surface area (Å²) in [5, 5.41) is 0.780. The van der Waals surface area contributed by atoms with Gasteiger partial charge in [0.2, 0.25) is 0 Å². The third-order valence-corrected chi connectivity index (χ3v) is 4.04. The average molecular weight is 268 g/mol. The van der Waals surface area contributed by atoms with Gasteiger partial charge in [-0.05, 0) is 24.3 Å². The van der Waals surface area contributed by atoms with E-state index < -0.39 is 0 Å². The molecule has 17 heavy (non-hydrogen) atoms. The minimum Gasteiger partial charge on any atom is -0.469 e. The minimum atomic E-state index is 0.0717. The second kappa shape index (κ2) is 6.15. The van der Waals surface area contributed by atoms with E-state index in [0.717, 1.165) is 27.9 Å². The lowest BCUT2D eigenvalue weighted by Crippen LogP contribution is -2.25. The molecule has 0 saturated heterocycles. The van der Waals surface area contributed by atoms with Crippen LogP contribution in [0, 0.1) is 0 Å². The number of hydrogen-bond donors (Lipinski definition) is 1. The summed E-state index contributed by atoms with van der Waals surface area (Å²) >= 11 is 7.75. The molecule has 1 aromatic carbocycles. The Kier molecular flexibility index (Phi) is 4.54. The van der Waals surface area contributed by atoms with Crippen LogP contribution < -0.4 is 5.73 Å². The van der Waals surface area contributed by atoms with Crippen LogP contribution in [-0.4, -0.2) is 11.8 Å². The number of rotatable bonds is 5. The van der Waals surface area contributed by atoms with Gasteiger partial charge < -0.3 is 10.2 Å². The van der Waals surface area contributed by atoms with Crippen LogP contribution in [0.5, 0.6) is 0 Å². The first-order valence-electron chi connectivity index (χ1n) is 5.41. The summed E-state index contributed by atoms with van der Waals surface area (Å²) < 4.78 is 5.26. The molecule has 0 amide bonds. The molecule has 1 heterocycles. The van der Waals surface area contributed by atoms with Crippen LogP contribution in [0.15, 0.2) is 52.0 Å². The van der Waals surface area contributed by atoms with E-state index in [-0.39, 0.29) is 6.04 Å². The average Bonchev–Trinajstić information content (AvgIpc) is 2.81. The number of halogens is 1. The van der Waals surface area contributed by atoms with Gasteiger partial charge >= 0.3 is 0 Å². The van der Waals surface area contributed by atoms with Crippen molar-refractivity contribution in [1.29, 1.82) is 0 Å². The second-order valence-electron chi connectivity index (χ2n) is 3.78. The van der Waals surface area contributed by atoms with Crippen molar-refractivity contribution in [2.24, 2.45) is 5.73 Å². The van der Waals surface area contributed by atoms with Crippen LogP contribution in [0.3, 0.4) is 0 Å². The van der Waals surface area contributed by atoms with Gasteiger partial charge in [0.15, 0.2) is 0 Å². The van der Waals surface area contributed by atoms with E-state index in [9.17, 15) is 0 Å². The van der Waals surface area contributed by atoms with Crippen LogP contribution in [0.2, 0.25) is 5.02 Å². The Morgan fingerprint density at radius 1 is 1.24 bits per heavy atom. The fraction of sp³-hybridized carbons (Fsp3) is 0.231. The van der Waals surface area contributed by atoms with Crippen molar-refractivity contribution >= 4 is 23.4 Å². The molecule has 0 spiro atoms. The lowest BCUT2D eigenvalue weighted by atomic mass is 10.2. The van der Waals surface area contributed by atoms with Gasteiger partial charge in [0.1, 0.15) is 5.76 Å². The summed E-state index contributed by atoms with van der Waals surface area (Å²) in [6.45, 7) is 0. The molecule has 0 aliphatic carbocycles. The first-order valence-corrected chi connectivity index (χ1v) is 6.77. The molecular weight excluding hydrogens is 254 g/mol. The van der Waals surface area contributed by atoms with Crippen molar-refractivity contribution in [2.45, 2.75) is 17.4 Å². The molecule has 0 aliphatic heterocycles. The van der Waals surface area contributed by atoms with Gasteiger partial charge in [-0.15, -0.1) is 11.8 Å². The van der Waals surface area contributed by atoms with Gasteiger partial charge in [0.05, 0.1) is 11.3 Å². The molecule has 2 nitrogen and oxygen atoms in total. The molecule has 2 rings (SSSR count). The molecule has 0 radical (unpaired) electrons. The third-order valence-electron chi connectivity index (χ3n) is 2.33. The molecule has 0 saturated carbocycles. The van der Waals surface area contributed by atoms with Crippen molar-refractivity contribution in [3.05, 3.63) is 53.4 Å². The molecule has 2 N–H and O–H groups in total. The number of thioether (sulfide) groups is 1. The highest BCUT2D eigenvalue weighted by Gasteiger charge is 2.08. The molecule has 90 valence electrons. The molecule has 0 fully saturated rings. The summed E-state index contributed by atoms with van der Waals surface area (Å²) in [6, 6.07) is 11.7. The maximum atomic E-state index is 6.07. The number of furan rings is 1. The summed E-state index contributed by atoms with van der Waals surface area (Å²) in [5.74, 6) is 1.75. The Morgan fingerprint density at radius 3 is 2.76 bits per heavy atom. The number of hydrogen-bond acceptors (Lipinski definition) is 3.